The fourth-order valence-corrected chi connectivity index (χ4v) is 3.35. The van der Waals surface area contributed by atoms with Crippen LogP contribution >= 0.6 is 8.60 Å². The largest absolute Gasteiger partial charge is 0.396 e. The minimum Gasteiger partial charge on any atom is -0.396 e. The highest BCUT2D eigenvalue weighted by atomic mass is 31.2. The summed E-state index contributed by atoms with van der Waals surface area (Å²) in [5.74, 6) is 0. The molecule has 0 radical (unpaired) electrons. The van der Waals surface area contributed by atoms with Crippen molar-refractivity contribution in [3.8, 4) is 0 Å². The Morgan fingerprint density at radius 3 is 1.34 bits per heavy atom. The quantitative estimate of drug-likeness (QED) is 0.109. The molecule has 0 aliphatic heterocycles. The number of rotatable bonds is 25. The molecule has 0 aromatic rings. The first-order chi connectivity index (χ1) is 14.3. The van der Waals surface area contributed by atoms with E-state index in [1.54, 1.807) is 14.2 Å². The standard InChI is InChI=1S/C20H47N4O4P/c1-26-29(27-2)28-20-8-6-14-24-18-10-16-22-12-4-3-11-21-15-9-17-23-13-5-7-19-25/h21-25H,3-20H2,1-2H3. The van der Waals surface area contributed by atoms with E-state index in [1.165, 1.54) is 25.7 Å². The minimum atomic E-state index is -1.14. The molecular weight excluding hydrogens is 391 g/mol. The molecule has 5 N–H and O–H groups in total. The molecule has 0 rings (SSSR count). The Morgan fingerprint density at radius 1 is 0.552 bits per heavy atom. The van der Waals surface area contributed by atoms with Crippen LogP contribution in [0.4, 0.5) is 0 Å². The molecule has 0 amide bonds. The average Bonchev–Trinajstić information content (AvgIpc) is 2.74. The maximum absolute atomic E-state index is 8.70. The summed E-state index contributed by atoms with van der Waals surface area (Å²) in [6.07, 6.45) is 8.88. The normalized spacial score (nSPS) is 11.6. The second-order valence-corrected chi connectivity index (χ2v) is 8.41. The van der Waals surface area contributed by atoms with Gasteiger partial charge < -0.3 is 39.9 Å². The van der Waals surface area contributed by atoms with Gasteiger partial charge in [0.2, 0.25) is 0 Å². The summed E-state index contributed by atoms with van der Waals surface area (Å²) < 4.78 is 15.5. The highest BCUT2D eigenvalue weighted by Crippen LogP contribution is 2.37. The van der Waals surface area contributed by atoms with E-state index in [1.807, 2.05) is 0 Å². The summed E-state index contributed by atoms with van der Waals surface area (Å²) in [5, 5.41) is 22.6. The Bertz CT molecular complexity index is 304. The smallest absolute Gasteiger partial charge is 0.332 e. The molecule has 0 aliphatic rings. The van der Waals surface area contributed by atoms with E-state index in [-0.39, 0.29) is 0 Å². The lowest BCUT2D eigenvalue weighted by Crippen LogP contribution is -2.25. The van der Waals surface area contributed by atoms with Crippen LogP contribution in [0.25, 0.3) is 0 Å². The molecule has 29 heavy (non-hydrogen) atoms. The van der Waals surface area contributed by atoms with E-state index < -0.39 is 8.60 Å². The first-order valence-electron chi connectivity index (χ1n) is 11.3. The van der Waals surface area contributed by atoms with E-state index in [2.05, 4.69) is 21.3 Å². The summed E-state index contributed by atoms with van der Waals surface area (Å²) in [7, 11) is 2.06. The molecule has 0 fully saturated rings. The number of aliphatic hydroxyl groups is 1. The summed E-state index contributed by atoms with van der Waals surface area (Å²) in [6, 6.07) is 0. The SMILES string of the molecule is COP(OC)OCCCCNCCCNCCCCNCCCNCCCCO. The molecule has 0 aromatic carbocycles. The average molecular weight is 439 g/mol. The van der Waals surface area contributed by atoms with Crippen LogP contribution in [0.2, 0.25) is 0 Å². The van der Waals surface area contributed by atoms with E-state index in [0.29, 0.717) is 13.2 Å². The molecule has 0 saturated carbocycles. The molecule has 0 heterocycles. The van der Waals surface area contributed by atoms with Gasteiger partial charge in [-0.05, 0) is 104 Å². The van der Waals surface area contributed by atoms with E-state index in [0.717, 1.165) is 78.0 Å². The van der Waals surface area contributed by atoms with Gasteiger partial charge in [0.05, 0.1) is 6.61 Å². The zero-order chi connectivity index (χ0) is 21.3. The van der Waals surface area contributed by atoms with E-state index in [4.69, 9.17) is 18.7 Å². The van der Waals surface area contributed by atoms with Crippen molar-refractivity contribution >= 4 is 8.60 Å². The number of unbranched alkanes of at least 4 members (excludes halogenated alkanes) is 3. The molecule has 176 valence electrons. The Kier molecular flexibility index (Phi) is 26.2. The number of hydrogen-bond donors (Lipinski definition) is 5. The third-order valence-electron chi connectivity index (χ3n) is 4.38. The minimum absolute atomic E-state index is 0.304. The highest BCUT2D eigenvalue weighted by molar-refractivity contribution is 7.41. The van der Waals surface area contributed by atoms with Crippen molar-refractivity contribution in [2.45, 2.75) is 51.4 Å². The van der Waals surface area contributed by atoms with Gasteiger partial charge in [-0.1, -0.05) is 0 Å². The maximum atomic E-state index is 8.70. The van der Waals surface area contributed by atoms with Crippen molar-refractivity contribution in [2.75, 3.05) is 79.8 Å². The van der Waals surface area contributed by atoms with Crippen LogP contribution in [0, 0.1) is 0 Å². The lowest BCUT2D eigenvalue weighted by Gasteiger charge is -2.11. The third kappa shape index (κ3) is 24.3. The molecule has 0 aliphatic carbocycles. The second kappa shape index (κ2) is 26.1. The van der Waals surface area contributed by atoms with Gasteiger partial charge in [-0.2, -0.15) is 0 Å². The van der Waals surface area contributed by atoms with Gasteiger partial charge in [0, 0.05) is 20.8 Å². The molecule has 0 bridgehead atoms. The maximum Gasteiger partial charge on any atom is 0.332 e. The summed E-state index contributed by atoms with van der Waals surface area (Å²) in [5.41, 5.74) is 0. The molecule has 0 saturated heterocycles. The van der Waals surface area contributed by atoms with Crippen LogP contribution in [0.1, 0.15) is 51.4 Å². The first kappa shape index (κ1) is 29.1. The topological polar surface area (TPSA) is 96.0 Å². The monoisotopic (exact) mass is 438 g/mol. The van der Waals surface area contributed by atoms with Crippen molar-refractivity contribution in [3.05, 3.63) is 0 Å². The van der Waals surface area contributed by atoms with Crippen LogP contribution in [0.5, 0.6) is 0 Å². The van der Waals surface area contributed by atoms with Crippen molar-refractivity contribution < 1.29 is 18.7 Å². The lowest BCUT2D eigenvalue weighted by atomic mass is 10.3. The number of hydrogen-bond acceptors (Lipinski definition) is 8. The third-order valence-corrected chi connectivity index (χ3v) is 5.37. The second-order valence-electron chi connectivity index (χ2n) is 6.97. The van der Waals surface area contributed by atoms with Crippen molar-refractivity contribution in [3.63, 3.8) is 0 Å². The predicted molar refractivity (Wildman–Crippen MR) is 122 cm³/mol. The molecular formula is C20H47N4O4P. The first-order valence-corrected chi connectivity index (χ1v) is 12.4. The van der Waals surface area contributed by atoms with Crippen LogP contribution in [0.15, 0.2) is 0 Å². The lowest BCUT2D eigenvalue weighted by molar-refractivity contribution is 0.202. The van der Waals surface area contributed by atoms with Gasteiger partial charge in [0.1, 0.15) is 0 Å². The van der Waals surface area contributed by atoms with Gasteiger partial charge in [0.15, 0.2) is 0 Å². The van der Waals surface area contributed by atoms with Crippen molar-refractivity contribution in [1.82, 2.24) is 21.3 Å². The fraction of sp³-hybridized carbons (Fsp3) is 1.00. The Morgan fingerprint density at radius 2 is 0.931 bits per heavy atom. The van der Waals surface area contributed by atoms with E-state index >= 15 is 0 Å². The fourth-order valence-electron chi connectivity index (χ4n) is 2.71. The van der Waals surface area contributed by atoms with Crippen molar-refractivity contribution in [1.29, 1.82) is 0 Å². The van der Waals surface area contributed by atoms with Gasteiger partial charge in [-0.3, -0.25) is 0 Å². The van der Waals surface area contributed by atoms with Crippen LogP contribution in [-0.2, 0) is 13.6 Å². The van der Waals surface area contributed by atoms with E-state index in [9.17, 15) is 0 Å². The van der Waals surface area contributed by atoms with Crippen molar-refractivity contribution in [2.24, 2.45) is 0 Å². The summed E-state index contributed by atoms with van der Waals surface area (Å²) >= 11 is 0. The van der Waals surface area contributed by atoms with Crippen LogP contribution in [-0.4, -0.2) is 84.9 Å². The summed E-state index contributed by atoms with van der Waals surface area (Å²) in [6.45, 7) is 9.53. The zero-order valence-corrected chi connectivity index (χ0v) is 19.7. The Hall–Kier alpha value is 0.110. The molecule has 0 spiro atoms. The Balaban J connectivity index is 3.03. The summed E-state index contributed by atoms with van der Waals surface area (Å²) in [4.78, 5) is 0. The molecule has 0 atom stereocenters. The van der Waals surface area contributed by atoms with Gasteiger partial charge >= 0.3 is 8.60 Å². The molecule has 0 aromatic heterocycles. The molecule has 8 nitrogen and oxygen atoms in total. The van der Waals surface area contributed by atoms with Crippen LogP contribution in [0.3, 0.4) is 0 Å². The number of aliphatic hydroxyl groups excluding tert-OH is 1. The zero-order valence-electron chi connectivity index (χ0n) is 18.8. The molecule has 0 unspecified atom stereocenters. The van der Waals surface area contributed by atoms with Gasteiger partial charge in [-0.25, -0.2) is 0 Å². The van der Waals surface area contributed by atoms with Gasteiger partial charge in [0.25, 0.3) is 0 Å². The molecule has 9 heteroatoms. The number of nitrogens with one attached hydrogen (secondary N) is 4. The predicted octanol–water partition coefficient (Wildman–Crippen LogP) is 1.99. The van der Waals surface area contributed by atoms with Gasteiger partial charge in [-0.15, -0.1) is 0 Å². The van der Waals surface area contributed by atoms with Crippen LogP contribution < -0.4 is 21.3 Å². The highest BCUT2D eigenvalue weighted by Gasteiger charge is 2.05. The Labute approximate surface area is 180 Å².